The fourth-order valence-corrected chi connectivity index (χ4v) is 11.4. The number of aldehydes is 1. The summed E-state index contributed by atoms with van der Waals surface area (Å²) in [6.07, 6.45) is 36.4. The van der Waals surface area contributed by atoms with Crippen molar-refractivity contribution in [1.82, 2.24) is 0 Å². The Morgan fingerprint density at radius 2 is 0.951 bits per heavy atom. The molecule has 0 aliphatic carbocycles. The predicted molar refractivity (Wildman–Crippen MR) is 184 cm³/mol. The van der Waals surface area contributed by atoms with Gasteiger partial charge in [-0.3, -0.25) is 4.79 Å². The average molecular weight is 598 g/mol. The molecule has 5 heteroatoms. The van der Waals surface area contributed by atoms with Crippen LogP contribution in [-0.4, -0.2) is 42.5 Å². The summed E-state index contributed by atoms with van der Waals surface area (Å²) in [5.41, 5.74) is -0.658. The van der Waals surface area contributed by atoms with Gasteiger partial charge in [0.15, 0.2) is 5.92 Å². The summed E-state index contributed by atoms with van der Waals surface area (Å²) in [6.45, 7) is 14.5. The molecule has 0 rings (SSSR count). The molecule has 41 heavy (non-hydrogen) atoms. The van der Waals surface area contributed by atoms with Crippen LogP contribution in [0.4, 0.5) is 0 Å². The average Bonchev–Trinajstić information content (AvgIpc) is 2.93. The molecular formula is C36H72NO3P. The summed E-state index contributed by atoms with van der Waals surface area (Å²) in [5, 5.41) is 8.31. The van der Waals surface area contributed by atoms with Gasteiger partial charge in [0, 0.05) is 0 Å². The van der Waals surface area contributed by atoms with Crippen LogP contribution < -0.4 is 0 Å². The van der Waals surface area contributed by atoms with Crippen LogP contribution in [0.2, 0.25) is 0 Å². The molecule has 0 aliphatic heterocycles. The van der Waals surface area contributed by atoms with E-state index in [-0.39, 0.29) is 6.29 Å². The molecule has 0 spiro atoms. The monoisotopic (exact) mass is 598 g/mol. The Bertz CT molecular complexity index is 616. The van der Waals surface area contributed by atoms with Crippen molar-refractivity contribution in [3.05, 3.63) is 0 Å². The number of rotatable bonds is 26. The van der Waals surface area contributed by atoms with Crippen molar-refractivity contribution >= 4 is 19.5 Å². The molecule has 0 saturated carbocycles. The van der Waals surface area contributed by atoms with Gasteiger partial charge in [-0.1, -0.05) is 26.2 Å². The number of carbonyl (C=O) groups excluding carboxylic acids is 2. The Morgan fingerprint density at radius 3 is 1.24 bits per heavy atom. The second kappa shape index (κ2) is 29.1. The molecule has 0 aromatic heterocycles. The fraction of sp³-hybridized carbons (Fsp3) is 0.917. The molecule has 0 aromatic rings. The second-order valence-corrected chi connectivity index (χ2v) is 18.4. The molecule has 0 aromatic carbocycles. The number of nitriles is 1. The van der Waals surface area contributed by atoms with Crippen molar-refractivity contribution in [3.63, 3.8) is 0 Å². The van der Waals surface area contributed by atoms with Crippen molar-refractivity contribution < 1.29 is 14.3 Å². The molecule has 0 saturated heterocycles. The molecule has 0 aliphatic rings. The molecule has 0 bridgehead atoms. The van der Waals surface area contributed by atoms with Crippen LogP contribution in [0.15, 0.2) is 0 Å². The van der Waals surface area contributed by atoms with E-state index in [1.165, 1.54) is 128 Å². The van der Waals surface area contributed by atoms with Gasteiger partial charge >= 0.3 is 168 Å². The van der Waals surface area contributed by atoms with Crippen molar-refractivity contribution in [2.24, 2.45) is 5.92 Å². The molecule has 0 amide bonds. The van der Waals surface area contributed by atoms with E-state index in [2.05, 4.69) is 27.7 Å². The fourth-order valence-electron chi connectivity index (χ4n) is 5.60. The molecular weight excluding hydrogens is 525 g/mol. The molecule has 0 heterocycles. The van der Waals surface area contributed by atoms with Gasteiger partial charge in [0.1, 0.15) is 11.9 Å². The Labute approximate surface area is 257 Å². The molecule has 0 N–H and O–H groups in total. The van der Waals surface area contributed by atoms with Crippen LogP contribution >= 0.6 is 7.26 Å². The zero-order chi connectivity index (χ0) is 31.2. The van der Waals surface area contributed by atoms with E-state index >= 15 is 0 Å². The van der Waals surface area contributed by atoms with Gasteiger partial charge in [0.25, 0.3) is 0 Å². The summed E-state index contributed by atoms with van der Waals surface area (Å²) in [5.74, 6) is -2.09. The SMILES string of the molecule is CC(C)(C)OC(=O)C(C#N)C=O.CCCCCCCCCCCCCCCC[PH](CCCC)(CCCC)CCCC. The third-order valence-corrected chi connectivity index (χ3v) is 13.8. The zero-order valence-corrected chi connectivity index (χ0v) is 29.8. The molecule has 0 fully saturated rings. The number of carbonyl (C=O) groups is 2. The molecule has 1 atom stereocenters. The van der Waals surface area contributed by atoms with E-state index in [0.717, 1.165) is 0 Å². The zero-order valence-electron chi connectivity index (χ0n) is 28.8. The van der Waals surface area contributed by atoms with Gasteiger partial charge in [-0.15, -0.1) is 0 Å². The van der Waals surface area contributed by atoms with Crippen molar-refractivity contribution in [3.8, 4) is 6.07 Å². The topological polar surface area (TPSA) is 67.2 Å². The van der Waals surface area contributed by atoms with Crippen LogP contribution in [0.3, 0.4) is 0 Å². The van der Waals surface area contributed by atoms with E-state index < -0.39 is 24.8 Å². The summed E-state index contributed by atoms with van der Waals surface area (Å²) in [4.78, 5) is 21.1. The quantitative estimate of drug-likeness (QED) is 0.0327. The van der Waals surface area contributed by atoms with E-state index in [1.807, 2.05) is 0 Å². The summed E-state index contributed by atoms with van der Waals surface area (Å²) < 4.78 is 4.79. The van der Waals surface area contributed by atoms with Gasteiger partial charge in [0.05, 0.1) is 6.07 Å². The first-order valence-corrected chi connectivity index (χ1v) is 20.6. The standard InChI is InChI=1S/C28H61P.C8H11NO3/c1-5-9-13-14-15-16-17-18-19-20-21-22-23-24-28-29(25-10-6-2,26-11-7-3)27-12-8-4;1-8(2,3)12-7(11)6(4-9)5-10/h29H,5-28H2,1-4H3;5-6H,1-3H3. The van der Waals surface area contributed by atoms with Crippen molar-refractivity contribution in [2.45, 2.75) is 182 Å². The van der Waals surface area contributed by atoms with E-state index in [4.69, 9.17) is 10.00 Å². The third-order valence-electron chi connectivity index (χ3n) is 8.18. The van der Waals surface area contributed by atoms with Crippen LogP contribution in [-0.2, 0) is 14.3 Å². The Kier molecular flexibility index (Phi) is 30.0. The molecule has 4 nitrogen and oxygen atoms in total. The van der Waals surface area contributed by atoms with Crippen molar-refractivity contribution in [2.75, 3.05) is 24.6 Å². The molecule has 244 valence electrons. The Hall–Kier alpha value is -0.940. The van der Waals surface area contributed by atoms with Gasteiger partial charge < -0.3 is 9.53 Å². The van der Waals surface area contributed by atoms with E-state index in [9.17, 15) is 9.59 Å². The normalized spacial score (nSPS) is 12.6. The van der Waals surface area contributed by atoms with Gasteiger partial charge in [-0.05, 0) is 20.8 Å². The summed E-state index contributed by atoms with van der Waals surface area (Å²) >= 11 is 0. The van der Waals surface area contributed by atoms with Crippen LogP contribution in [0, 0.1) is 17.2 Å². The van der Waals surface area contributed by atoms with E-state index in [1.54, 1.807) is 51.8 Å². The van der Waals surface area contributed by atoms with Crippen LogP contribution in [0.1, 0.15) is 177 Å². The first kappa shape index (κ1) is 42.2. The number of hydrogen-bond acceptors (Lipinski definition) is 4. The third kappa shape index (κ3) is 27.6. The van der Waals surface area contributed by atoms with Gasteiger partial charge in [-0.2, -0.15) is 5.26 Å². The maximum atomic E-state index is 10.9. The first-order chi connectivity index (χ1) is 19.6. The van der Waals surface area contributed by atoms with Crippen LogP contribution in [0.25, 0.3) is 0 Å². The summed E-state index contributed by atoms with van der Waals surface area (Å²) in [6, 6.07) is 1.53. The minimum atomic E-state index is -1.30. The Morgan fingerprint density at radius 1 is 0.634 bits per heavy atom. The molecule has 0 radical (unpaired) electrons. The minimum absolute atomic E-state index is 0.272. The van der Waals surface area contributed by atoms with Gasteiger partial charge in [0.2, 0.25) is 0 Å². The summed E-state index contributed by atoms with van der Waals surface area (Å²) in [7, 11) is -0.961. The first-order valence-electron chi connectivity index (χ1n) is 17.7. The number of ether oxygens (including phenoxy) is 1. The van der Waals surface area contributed by atoms with Gasteiger partial charge in [-0.25, -0.2) is 0 Å². The molecule has 1 unspecified atom stereocenters. The Balaban J connectivity index is 0. The predicted octanol–water partition coefficient (Wildman–Crippen LogP) is 11.3. The number of hydrogen-bond donors (Lipinski definition) is 0. The second-order valence-electron chi connectivity index (χ2n) is 13.4. The number of unbranched alkanes of at least 4 members (excludes halogenated alkanes) is 16. The maximum absolute atomic E-state index is 10.9. The van der Waals surface area contributed by atoms with Crippen LogP contribution in [0.5, 0.6) is 0 Å². The number of esters is 1. The van der Waals surface area contributed by atoms with Crippen molar-refractivity contribution in [1.29, 1.82) is 5.26 Å². The number of nitrogens with zero attached hydrogens (tertiary/aromatic N) is 1. The van der Waals surface area contributed by atoms with E-state index in [0.29, 0.717) is 0 Å².